The Morgan fingerprint density at radius 2 is 1.89 bits per heavy atom. The molecule has 1 amide bonds. The molecule has 10 heteroatoms. The highest BCUT2D eigenvalue weighted by atomic mass is 19.1. The van der Waals surface area contributed by atoms with Crippen molar-refractivity contribution < 1.29 is 9.18 Å². The van der Waals surface area contributed by atoms with E-state index >= 15 is 0 Å². The quantitative estimate of drug-likeness (QED) is 0.194. The summed E-state index contributed by atoms with van der Waals surface area (Å²) in [5.41, 5.74) is 3.97. The number of carbonyl (C=O) groups is 1. The largest absolute Gasteiger partial charge is 0.381 e. The predicted octanol–water partition coefficient (Wildman–Crippen LogP) is 5.03. The number of fused-ring (bicyclic) bond motifs is 1. The molecule has 5 N–H and O–H groups in total. The van der Waals surface area contributed by atoms with Gasteiger partial charge in [0.15, 0.2) is 0 Å². The van der Waals surface area contributed by atoms with Crippen LogP contribution in [0.3, 0.4) is 0 Å². The van der Waals surface area contributed by atoms with E-state index in [1.165, 1.54) is 6.08 Å². The number of rotatable bonds is 10. The number of likely N-dealkylation sites (tertiary alicyclic amines) is 1. The van der Waals surface area contributed by atoms with Crippen molar-refractivity contribution in [1.29, 1.82) is 0 Å². The summed E-state index contributed by atoms with van der Waals surface area (Å²) in [4.78, 5) is 26.2. The highest BCUT2D eigenvalue weighted by molar-refractivity contribution is 5.99. The molecule has 37 heavy (non-hydrogen) atoms. The number of alkyl halides is 1. The SMILES string of the molecule is C=CC(=O)Nc1cccc(Nc2nc(Nc3ccc(NC4CCN(CCF)C4)cc3)nc3[nH]ccc23)c1. The van der Waals surface area contributed by atoms with Gasteiger partial charge in [0, 0.05) is 54.6 Å². The molecule has 1 aliphatic rings. The van der Waals surface area contributed by atoms with Crippen molar-refractivity contribution in [1.82, 2.24) is 19.9 Å². The molecule has 190 valence electrons. The van der Waals surface area contributed by atoms with Gasteiger partial charge in [0.2, 0.25) is 11.9 Å². The fraction of sp³-hybridized carbons (Fsp3) is 0.222. The maximum absolute atomic E-state index is 12.6. The number of anilines is 6. The van der Waals surface area contributed by atoms with Gasteiger partial charge >= 0.3 is 0 Å². The minimum atomic E-state index is -0.305. The van der Waals surface area contributed by atoms with Crippen LogP contribution in [-0.4, -0.2) is 58.1 Å². The molecule has 0 spiro atoms. The molecule has 2 aromatic carbocycles. The van der Waals surface area contributed by atoms with E-state index in [2.05, 4.69) is 42.7 Å². The highest BCUT2D eigenvalue weighted by Crippen LogP contribution is 2.27. The van der Waals surface area contributed by atoms with Crippen molar-refractivity contribution >= 4 is 51.5 Å². The number of amides is 1. The van der Waals surface area contributed by atoms with E-state index < -0.39 is 0 Å². The Kier molecular flexibility index (Phi) is 7.27. The third kappa shape index (κ3) is 6.04. The number of aromatic nitrogens is 3. The van der Waals surface area contributed by atoms with E-state index in [-0.39, 0.29) is 12.6 Å². The number of carbonyl (C=O) groups excluding carboxylic acids is 1. The first kappa shape index (κ1) is 24.3. The van der Waals surface area contributed by atoms with E-state index in [1.54, 1.807) is 6.07 Å². The lowest BCUT2D eigenvalue weighted by Crippen LogP contribution is -2.27. The average Bonchev–Trinajstić information content (AvgIpc) is 3.55. The van der Waals surface area contributed by atoms with Gasteiger partial charge in [-0.2, -0.15) is 9.97 Å². The maximum atomic E-state index is 12.6. The van der Waals surface area contributed by atoms with Gasteiger partial charge in [-0.15, -0.1) is 0 Å². The van der Waals surface area contributed by atoms with Gasteiger partial charge in [-0.3, -0.25) is 9.69 Å². The van der Waals surface area contributed by atoms with E-state index in [1.807, 2.05) is 54.7 Å². The van der Waals surface area contributed by atoms with Crippen LogP contribution in [0.5, 0.6) is 0 Å². The summed E-state index contributed by atoms with van der Waals surface area (Å²) in [6.07, 6.45) is 4.04. The van der Waals surface area contributed by atoms with E-state index in [9.17, 15) is 9.18 Å². The van der Waals surface area contributed by atoms with Gasteiger partial charge < -0.3 is 26.3 Å². The molecule has 0 radical (unpaired) electrons. The van der Waals surface area contributed by atoms with Crippen LogP contribution in [-0.2, 0) is 4.79 Å². The zero-order valence-electron chi connectivity index (χ0n) is 20.3. The lowest BCUT2D eigenvalue weighted by molar-refractivity contribution is -0.111. The Bertz CT molecular complexity index is 1390. The minimum Gasteiger partial charge on any atom is -0.381 e. The van der Waals surface area contributed by atoms with Crippen LogP contribution in [0.15, 0.2) is 73.4 Å². The number of nitrogens with one attached hydrogen (secondary N) is 5. The minimum absolute atomic E-state index is 0.276. The number of H-pyrrole nitrogens is 1. The molecule has 1 fully saturated rings. The third-order valence-electron chi connectivity index (χ3n) is 6.18. The Labute approximate surface area is 214 Å². The molecule has 5 rings (SSSR count). The highest BCUT2D eigenvalue weighted by Gasteiger charge is 2.21. The van der Waals surface area contributed by atoms with Crippen LogP contribution in [0.1, 0.15) is 6.42 Å². The fourth-order valence-corrected chi connectivity index (χ4v) is 4.38. The van der Waals surface area contributed by atoms with Gasteiger partial charge in [-0.25, -0.2) is 4.39 Å². The monoisotopic (exact) mass is 500 g/mol. The van der Waals surface area contributed by atoms with Crippen molar-refractivity contribution in [3.05, 3.63) is 73.4 Å². The molecule has 1 unspecified atom stereocenters. The number of halogens is 1. The Hall–Kier alpha value is -4.44. The van der Waals surface area contributed by atoms with Crippen molar-refractivity contribution in [2.24, 2.45) is 0 Å². The summed E-state index contributed by atoms with van der Waals surface area (Å²) in [7, 11) is 0. The van der Waals surface area contributed by atoms with Crippen LogP contribution in [0.25, 0.3) is 11.0 Å². The molecule has 9 nitrogen and oxygen atoms in total. The molecule has 1 atom stereocenters. The molecule has 3 heterocycles. The maximum Gasteiger partial charge on any atom is 0.247 e. The standard InChI is InChI=1S/C27H29FN8O/c1-2-24(37)31-20-4-3-5-21(16-20)32-26-23-10-13-29-25(23)34-27(35-26)33-19-8-6-18(7-9-19)30-22-11-14-36(17-22)15-12-28/h2-10,13,16,22,30H,1,11-12,14-15,17H2,(H,31,37)(H3,29,32,33,34,35). The summed E-state index contributed by atoms with van der Waals surface area (Å²) in [6.45, 7) is 5.45. The number of nitrogens with zero attached hydrogens (tertiary/aromatic N) is 3. The molecule has 1 aliphatic heterocycles. The van der Waals surface area contributed by atoms with Crippen LogP contribution in [0.2, 0.25) is 0 Å². The molecule has 0 saturated carbocycles. The molecular weight excluding hydrogens is 471 g/mol. The molecule has 1 saturated heterocycles. The van der Waals surface area contributed by atoms with E-state index in [0.29, 0.717) is 35.7 Å². The third-order valence-corrected chi connectivity index (χ3v) is 6.18. The molecule has 0 aliphatic carbocycles. The summed E-state index contributed by atoms with van der Waals surface area (Å²) in [5, 5.41) is 13.7. The predicted molar refractivity (Wildman–Crippen MR) is 147 cm³/mol. The lowest BCUT2D eigenvalue weighted by Gasteiger charge is -2.16. The van der Waals surface area contributed by atoms with Crippen molar-refractivity contribution in [2.45, 2.75) is 12.5 Å². The number of hydrogen-bond acceptors (Lipinski definition) is 7. The second-order valence-corrected chi connectivity index (χ2v) is 8.86. The van der Waals surface area contributed by atoms with Crippen LogP contribution < -0.4 is 21.3 Å². The van der Waals surface area contributed by atoms with Gasteiger partial charge in [0.1, 0.15) is 18.1 Å². The summed E-state index contributed by atoms with van der Waals surface area (Å²) in [5.74, 6) is 0.784. The average molecular weight is 501 g/mol. The van der Waals surface area contributed by atoms with Gasteiger partial charge in [0.05, 0.1) is 5.39 Å². The second-order valence-electron chi connectivity index (χ2n) is 8.86. The first-order valence-electron chi connectivity index (χ1n) is 12.2. The normalized spacial score (nSPS) is 15.4. The smallest absolute Gasteiger partial charge is 0.247 e. The van der Waals surface area contributed by atoms with E-state index in [0.717, 1.165) is 42.0 Å². The lowest BCUT2D eigenvalue weighted by atomic mass is 10.2. The molecule has 2 aromatic heterocycles. The van der Waals surface area contributed by atoms with E-state index in [4.69, 9.17) is 4.98 Å². The number of benzene rings is 2. The molecule has 0 bridgehead atoms. The Morgan fingerprint density at radius 3 is 2.70 bits per heavy atom. The second kappa shape index (κ2) is 11.1. The summed E-state index contributed by atoms with van der Waals surface area (Å²) >= 11 is 0. The zero-order valence-corrected chi connectivity index (χ0v) is 20.3. The zero-order chi connectivity index (χ0) is 25.6. The Balaban J connectivity index is 1.28. The van der Waals surface area contributed by atoms with Crippen molar-refractivity contribution in [3.63, 3.8) is 0 Å². The van der Waals surface area contributed by atoms with Crippen LogP contribution >= 0.6 is 0 Å². The van der Waals surface area contributed by atoms with Gasteiger partial charge in [-0.1, -0.05) is 12.6 Å². The first-order valence-corrected chi connectivity index (χ1v) is 12.2. The molecular formula is C27H29FN8O. The van der Waals surface area contributed by atoms with Crippen LogP contribution in [0, 0.1) is 0 Å². The summed E-state index contributed by atoms with van der Waals surface area (Å²) < 4.78 is 12.6. The van der Waals surface area contributed by atoms with Crippen molar-refractivity contribution in [3.8, 4) is 0 Å². The number of hydrogen-bond donors (Lipinski definition) is 5. The first-order chi connectivity index (χ1) is 18.1. The van der Waals surface area contributed by atoms with Crippen LogP contribution in [0.4, 0.5) is 38.9 Å². The fourth-order valence-electron chi connectivity index (χ4n) is 4.38. The van der Waals surface area contributed by atoms with Gasteiger partial charge in [0.25, 0.3) is 0 Å². The number of aromatic amines is 1. The van der Waals surface area contributed by atoms with Crippen molar-refractivity contribution in [2.75, 3.05) is 47.6 Å². The topological polar surface area (TPSA) is 110 Å². The van der Waals surface area contributed by atoms with Gasteiger partial charge in [-0.05, 0) is 61.0 Å². The summed E-state index contributed by atoms with van der Waals surface area (Å²) in [6, 6.07) is 17.5. The molecule has 4 aromatic rings. The Morgan fingerprint density at radius 1 is 1.08 bits per heavy atom.